The van der Waals surface area contributed by atoms with E-state index in [-0.39, 0.29) is 0 Å². The molecule has 0 aromatic heterocycles. The van der Waals surface area contributed by atoms with E-state index in [1.807, 2.05) is 0 Å². The fourth-order valence-electron chi connectivity index (χ4n) is 1.67. The highest BCUT2D eigenvalue weighted by atomic mass is 14.5. The van der Waals surface area contributed by atoms with Crippen molar-refractivity contribution < 1.29 is 0 Å². The molecule has 0 spiro atoms. The van der Waals surface area contributed by atoms with Crippen LogP contribution in [0.4, 0.5) is 0 Å². The molecule has 0 amide bonds. The Morgan fingerprint density at radius 1 is 1.24 bits per heavy atom. The van der Waals surface area contributed by atoms with Crippen molar-refractivity contribution in [1.82, 2.24) is 0 Å². The van der Waals surface area contributed by atoms with Crippen LogP contribution < -0.4 is 5.73 Å². The largest absolute Gasteiger partial charge is 0.327 e. The van der Waals surface area contributed by atoms with E-state index >= 15 is 0 Å². The minimum absolute atomic E-state index is 0.730. The molecule has 1 nitrogen and oxygen atoms in total. The van der Waals surface area contributed by atoms with Crippen LogP contribution in [0.1, 0.15) is 59.3 Å². The summed E-state index contributed by atoms with van der Waals surface area (Å²) in [6.07, 6.45) is 11.8. The summed E-state index contributed by atoms with van der Waals surface area (Å²) in [5, 5.41) is 0. The van der Waals surface area contributed by atoms with Crippen molar-refractivity contribution in [2.24, 2.45) is 5.73 Å². The van der Waals surface area contributed by atoms with Crippen LogP contribution >= 0.6 is 0 Å². The van der Waals surface area contributed by atoms with E-state index in [1.54, 1.807) is 5.57 Å². The van der Waals surface area contributed by atoms with E-state index in [9.17, 15) is 0 Å². The van der Waals surface area contributed by atoms with Crippen molar-refractivity contribution in [2.75, 3.05) is 6.54 Å². The van der Waals surface area contributed by atoms with Crippen molar-refractivity contribution >= 4 is 0 Å². The molecule has 0 aromatic carbocycles. The van der Waals surface area contributed by atoms with Crippen molar-refractivity contribution in [3.63, 3.8) is 0 Å². The van der Waals surface area contributed by atoms with Crippen molar-refractivity contribution in [1.29, 1.82) is 0 Å². The van der Waals surface area contributed by atoms with Crippen LogP contribution in [0.25, 0.3) is 0 Å². The third kappa shape index (κ3) is 8.93. The van der Waals surface area contributed by atoms with E-state index in [0.29, 0.717) is 0 Å². The molecule has 0 saturated carbocycles. The van der Waals surface area contributed by atoms with Gasteiger partial charge in [0.1, 0.15) is 0 Å². The molecule has 1 aliphatic rings. The molecular formula is C16H29N. The third-order valence-electron chi connectivity index (χ3n) is 3.00. The molecule has 0 heterocycles. The summed E-state index contributed by atoms with van der Waals surface area (Å²) in [7, 11) is 0. The Bertz CT molecular complexity index is 251. The molecule has 0 atom stereocenters. The van der Waals surface area contributed by atoms with Gasteiger partial charge in [-0.05, 0) is 39.0 Å². The molecule has 1 heteroatoms. The second kappa shape index (κ2) is 10.3. The molecule has 0 unspecified atom stereocenters. The van der Waals surface area contributed by atoms with E-state index in [0.717, 1.165) is 6.54 Å². The SMILES string of the molecule is C=C(C)CCCC.CCC1=CC=C(CN)CC1. The van der Waals surface area contributed by atoms with Crippen LogP contribution in [-0.4, -0.2) is 6.54 Å². The number of rotatable bonds is 5. The second-order valence-electron chi connectivity index (χ2n) is 4.77. The molecule has 0 aliphatic heterocycles. The molecule has 0 fully saturated rings. The Hall–Kier alpha value is -0.820. The highest BCUT2D eigenvalue weighted by Gasteiger charge is 2.01. The Kier molecular flexibility index (Phi) is 9.84. The lowest BCUT2D eigenvalue weighted by molar-refractivity contribution is 0.789. The van der Waals surface area contributed by atoms with Gasteiger partial charge < -0.3 is 5.73 Å². The monoisotopic (exact) mass is 235 g/mol. The van der Waals surface area contributed by atoms with Gasteiger partial charge in [-0.25, -0.2) is 0 Å². The summed E-state index contributed by atoms with van der Waals surface area (Å²) in [5.74, 6) is 0. The molecule has 1 rings (SSSR count). The number of hydrogen-bond donors (Lipinski definition) is 1. The number of allylic oxidation sites excluding steroid dienone is 4. The van der Waals surface area contributed by atoms with E-state index in [4.69, 9.17) is 5.73 Å². The standard InChI is InChI=1S/C9H15N.C7H14/c1-2-8-3-5-9(7-10)6-4-8;1-4-5-6-7(2)3/h3,5H,2,4,6-7,10H2,1H3;2,4-6H2,1,3H3. The molecule has 0 aromatic rings. The number of unbranched alkanes of at least 4 members (excludes halogenated alkanes) is 1. The minimum Gasteiger partial charge on any atom is -0.327 e. The Morgan fingerprint density at radius 2 is 1.82 bits per heavy atom. The van der Waals surface area contributed by atoms with E-state index in [2.05, 4.69) is 39.5 Å². The molecule has 98 valence electrons. The maximum absolute atomic E-state index is 5.49. The summed E-state index contributed by atoms with van der Waals surface area (Å²) in [4.78, 5) is 0. The molecule has 0 saturated heterocycles. The highest BCUT2D eigenvalue weighted by molar-refractivity contribution is 5.24. The van der Waals surface area contributed by atoms with Crippen molar-refractivity contribution in [2.45, 2.75) is 59.3 Å². The zero-order valence-electron chi connectivity index (χ0n) is 11.9. The first kappa shape index (κ1) is 16.2. The first-order valence-electron chi connectivity index (χ1n) is 6.85. The first-order valence-corrected chi connectivity index (χ1v) is 6.85. The summed E-state index contributed by atoms with van der Waals surface area (Å²) >= 11 is 0. The highest BCUT2D eigenvalue weighted by Crippen LogP contribution is 2.19. The predicted molar refractivity (Wildman–Crippen MR) is 79.1 cm³/mol. The van der Waals surface area contributed by atoms with Gasteiger partial charge >= 0.3 is 0 Å². The molecular weight excluding hydrogens is 206 g/mol. The van der Waals surface area contributed by atoms with E-state index in [1.165, 1.54) is 49.7 Å². The van der Waals surface area contributed by atoms with Gasteiger partial charge in [0, 0.05) is 6.54 Å². The fourth-order valence-corrected chi connectivity index (χ4v) is 1.67. The molecule has 2 N–H and O–H groups in total. The normalized spacial score (nSPS) is 14.4. The van der Waals surface area contributed by atoms with Crippen molar-refractivity contribution in [3.05, 3.63) is 35.5 Å². The van der Waals surface area contributed by atoms with E-state index < -0.39 is 0 Å². The van der Waals surface area contributed by atoms with Gasteiger partial charge in [0.15, 0.2) is 0 Å². The maximum Gasteiger partial charge on any atom is 0.0140 e. The fraction of sp³-hybridized carbons (Fsp3) is 0.625. The third-order valence-corrected chi connectivity index (χ3v) is 3.00. The minimum atomic E-state index is 0.730. The van der Waals surface area contributed by atoms with Gasteiger partial charge in [0.2, 0.25) is 0 Å². The lowest BCUT2D eigenvalue weighted by atomic mass is 9.97. The lowest BCUT2D eigenvalue weighted by Gasteiger charge is -2.10. The molecule has 0 bridgehead atoms. The van der Waals surface area contributed by atoms with Gasteiger partial charge in [0.05, 0.1) is 0 Å². The van der Waals surface area contributed by atoms with Gasteiger partial charge in [-0.1, -0.05) is 49.1 Å². The van der Waals surface area contributed by atoms with Crippen LogP contribution in [0.15, 0.2) is 35.5 Å². The number of hydrogen-bond acceptors (Lipinski definition) is 1. The molecule has 1 aliphatic carbocycles. The smallest absolute Gasteiger partial charge is 0.0140 e. The average Bonchev–Trinajstić information content (AvgIpc) is 2.37. The van der Waals surface area contributed by atoms with Gasteiger partial charge in [-0.3, -0.25) is 0 Å². The Labute approximate surface area is 107 Å². The molecule has 17 heavy (non-hydrogen) atoms. The van der Waals surface area contributed by atoms with Crippen LogP contribution in [-0.2, 0) is 0 Å². The van der Waals surface area contributed by atoms with Gasteiger partial charge in [-0.15, -0.1) is 6.58 Å². The van der Waals surface area contributed by atoms with Gasteiger partial charge in [0.25, 0.3) is 0 Å². The van der Waals surface area contributed by atoms with Gasteiger partial charge in [-0.2, -0.15) is 0 Å². The predicted octanol–water partition coefficient (Wildman–Crippen LogP) is 4.75. The van der Waals surface area contributed by atoms with Crippen molar-refractivity contribution in [3.8, 4) is 0 Å². The molecule has 0 radical (unpaired) electrons. The summed E-state index contributed by atoms with van der Waals surface area (Å²) in [5.41, 5.74) is 9.74. The zero-order valence-corrected chi connectivity index (χ0v) is 11.9. The second-order valence-corrected chi connectivity index (χ2v) is 4.77. The Balaban J connectivity index is 0.000000325. The van der Waals surface area contributed by atoms with Crippen LogP contribution in [0, 0.1) is 0 Å². The summed E-state index contributed by atoms with van der Waals surface area (Å²) < 4.78 is 0. The maximum atomic E-state index is 5.49. The zero-order chi connectivity index (χ0) is 13.1. The summed E-state index contributed by atoms with van der Waals surface area (Å²) in [6.45, 7) is 11.0. The van der Waals surface area contributed by atoms with Crippen LogP contribution in [0.3, 0.4) is 0 Å². The average molecular weight is 235 g/mol. The Morgan fingerprint density at radius 3 is 2.12 bits per heavy atom. The van der Waals surface area contributed by atoms with Crippen LogP contribution in [0.2, 0.25) is 0 Å². The van der Waals surface area contributed by atoms with Crippen LogP contribution in [0.5, 0.6) is 0 Å². The topological polar surface area (TPSA) is 26.0 Å². The summed E-state index contributed by atoms with van der Waals surface area (Å²) in [6, 6.07) is 0. The number of nitrogens with two attached hydrogens (primary N) is 1. The quantitative estimate of drug-likeness (QED) is 0.683. The first-order chi connectivity index (χ1) is 8.13. The lowest BCUT2D eigenvalue weighted by Crippen LogP contribution is -2.05.